The quantitative estimate of drug-likeness (QED) is 0.431. The molecule has 4 unspecified atom stereocenters. The Labute approximate surface area is 86.0 Å². The van der Waals surface area contributed by atoms with Crippen LogP contribution in [-0.4, -0.2) is 44.3 Å². The molecule has 2 fully saturated rings. The smallest absolute Gasteiger partial charge is 0.0262 e. The zero-order chi connectivity index (χ0) is 9.97. The monoisotopic (exact) mass is 198 g/mol. The minimum atomic E-state index is 0.309. The first-order chi connectivity index (χ1) is 6.79. The Morgan fingerprint density at radius 2 is 1.93 bits per heavy atom. The molecule has 2 aliphatic heterocycles. The van der Waals surface area contributed by atoms with Gasteiger partial charge < -0.3 is 21.7 Å². The highest BCUT2D eigenvalue weighted by molar-refractivity contribution is 4.95. The van der Waals surface area contributed by atoms with Gasteiger partial charge in [-0.05, 0) is 25.8 Å². The Hall–Kier alpha value is -0.160. The molecule has 0 spiro atoms. The van der Waals surface area contributed by atoms with Crippen molar-refractivity contribution in [3.63, 3.8) is 0 Å². The molecular weight excluding hydrogens is 176 g/mol. The van der Waals surface area contributed by atoms with Gasteiger partial charge in [0.15, 0.2) is 0 Å². The van der Waals surface area contributed by atoms with Crippen LogP contribution in [0.3, 0.4) is 0 Å². The van der Waals surface area contributed by atoms with E-state index in [9.17, 15) is 0 Å². The summed E-state index contributed by atoms with van der Waals surface area (Å²) in [5.74, 6) is 0.624. The highest BCUT2D eigenvalue weighted by atomic mass is 15.1. The number of piperidine rings is 1. The molecule has 2 aliphatic rings. The number of hydrogen-bond donors (Lipinski definition) is 4. The van der Waals surface area contributed by atoms with Crippen LogP contribution in [0.4, 0.5) is 0 Å². The third-order valence-corrected chi connectivity index (χ3v) is 3.56. The Bertz CT molecular complexity index is 165. The number of nitrogens with one attached hydrogen (secondary N) is 3. The summed E-state index contributed by atoms with van der Waals surface area (Å²) < 4.78 is 0. The van der Waals surface area contributed by atoms with Gasteiger partial charge in [0.05, 0.1) is 0 Å². The van der Waals surface area contributed by atoms with E-state index in [4.69, 9.17) is 5.73 Å². The van der Waals surface area contributed by atoms with Gasteiger partial charge in [0.1, 0.15) is 0 Å². The molecule has 2 heterocycles. The molecule has 14 heavy (non-hydrogen) atoms. The zero-order valence-electron chi connectivity index (χ0n) is 8.92. The summed E-state index contributed by atoms with van der Waals surface area (Å²) in [6.45, 7) is 6.49. The second-order valence-electron chi connectivity index (χ2n) is 4.54. The van der Waals surface area contributed by atoms with Crippen molar-refractivity contribution in [2.24, 2.45) is 11.7 Å². The van der Waals surface area contributed by atoms with E-state index in [0.717, 1.165) is 26.2 Å². The van der Waals surface area contributed by atoms with Crippen LogP contribution in [0.5, 0.6) is 0 Å². The van der Waals surface area contributed by atoms with Crippen LogP contribution in [0.1, 0.15) is 13.3 Å². The predicted molar refractivity (Wildman–Crippen MR) is 58.2 cm³/mol. The molecule has 2 saturated heterocycles. The summed E-state index contributed by atoms with van der Waals surface area (Å²) in [5.41, 5.74) is 6.14. The second kappa shape index (κ2) is 4.57. The highest BCUT2D eigenvalue weighted by Crippen LogP contribution is 2.19. The molecule has 4 nitrogen and oxygen atoms in total. The molecule has 0 aromatic heterocycles. The number of rotatable bonds is 1. The molecule has 5 N–H and O–H groups in total. The largest absolute Gasteiger partial charge is 0.326 e. The van der Waals surface area contributed by atoms with Crippen LogP contribution in [-0.2, 0) is 0 Å². The van der Waals surface area contributed by atoms with Crippen molar-refractivity contribution in [3.8, 4) is 0 Å². The van der Waals surface area contributed by atoms with Gasteiger partial charge in [0.25, 0.3) is 0 Å². The molecule has 0 amide bonds. The number of hydrogen-bond acceptors (Lipinski definition) is 4. The van der Waals surface area contributed by atoms with Crippen molar-refractivity contribution in [3.05, 3.63) is 0 Å². The molecule has 0 aliphatic carbocycles. The van der Waals surface area contributed by atoms with Gasteiger partial charge in [-0.1, -0.05) is 0 Å². The first-order valence-corrected chi connectivity index (χ1v) is 5.72. The lowest BCUT2D eigenvalue weighted by Gasteiger charge is -2.41. The Kier molecular flexibility index (Phi) is 3.38. The van der Waals surface area contributed by atoms with Gasteiger partial charge in [-0.15, -0.1) is 0 Å². The molecule has 2 rings (SSSR count). The molecule has 82 valence electrons. The summed E-state index contributed by atoms with van der Waals surface area (Å²) in [7, 11) is 0. The fourth-order valence-electron chi connectivity index (χ4n) is 2.71. The Morgan fingerprint density at radius 3 is 2.64 bits per heavy atom. The van der Waals surface area contributed by atoms with E-state index >= 15 is 0 Å². The van der Waals surface area contributed by atoms with Crippen molar-refractivity contribution in [2.75, 3.05) is 26.2 Å². The van der Waals surface area contributed by atoms with Crippen molar-refractivity contribution in [1.29, 1.82) is 0 Å². The van der Waals surface area contributed by atoms with Gasteiger partial charge in [-0.25, -0.2) is 0 Å². The standard InChI is InChI=1S/C10H22N4/c1-7-10(14-5-4-13-7)8-2-3-12-6-9(8)11/h7-10,12-14H,2-6,11H2,1H3. The second-order valence-corrected chi connectivity index (χ2v) is 4.54. The van der Waals surface area contributed by atoms with E-state index in [1.54, 1.807) is 0 Å². The van der Waals surface area contributed by atoms with Gasteiger partial charge in [0.2, 0.25) is 0 Å². The average Bonchev–Trinajstić information content (AvgIpc) is 2.20. The fourth-order valence-corrected chi connectivity index (χ4v) is 2.71. The predicted octanol–water partition coefficient (Wildman–Crippen LogP) is -1.13. The Balaban J connectivity index is 1.96. The first-order valence-electron chi connectivity index (χ1n) is 5.72. The number of nitrogens with two attached hydrogens (primary N) is 1. The van der Waals surface area contributed by atoms with E-state index in [1.807, 2.05) is 0 Å². The first kappa shape index (κ1) is 10.4. The fraction of sp³-hybridized carbons (Fsp3) is 1.00. The Morgan fingerprint density at radius 1 is 1.14 bits per heavy atom. The maximum atomic E-state index is 6.14. The minimum Gasteiger partial charge on any atom is -0.326 e. The van der Waals surface area contributed by atoms with Crippen LogP contribution in [0, 0.1) is 5.92 Å². The van der Waals surface area contributed by atoms with Crippen molar-refractivity contribution >= 4 is 0 Å². The topological polar surface area (TPSA) is 62.1 Å². The summed E-state index contributed by atoms with van der Waals surface area (Å²) in [6.07, 6.45) is 1.20. The van der Waals surface area contributed by atoms with Crippen molar-refractivity contribution in [1.82, 2.24) is 16.0 Å². The van der Waals surface area contributed by atoms with Gasteiger partial charge in [0, 0.05) is 37.8 Å². The third kappa shape index (κ3) is 2.08. The molecule has 0 aromatic rings. The van der Waals surface area contributed by atoms with E-state index in [-0.39, 0.29) is 0 Å². The van der Waals surface area contributed by atoms with Gasteiger partial charge in [-0.2, -0.15) is 0 Å². The van der Waals surface area contributed by atoms with Crippen LogP contribution in [0.15, 0.2) is 0 Å². The van der Waals surface area contributed by atoms with Crippen LogP contribution < -0.4 is 21.7 Å². The van der Waals surface area contributed by atoms with Crippen molar-refractivity contribution < 1.29 is 0 Å². The maximum Gasteiger partial charge on any atom is 0.0262 e. The van der Waals surface area contributed by atoms with Gasteiger partial charge in [-0.3, -0.25) is 0 Å². The zero-order valence-corrected chi connectivity index (χ0v) is 8.92. The molecule has 4 heteroatoms. The SMILES string of the molecule is CC1NCCNC1C1CCNCC1N. The summed E-state index contributed by atoms with van der Waals surface area (Å²) in [4.78, 5) is 0. The lowest BCUT2D eigenvalue weighted by Crippen LogP contribution is -2.63. The molecule has 0 saturated carbocycles. The number of piperazine rings is 1. The van der Waals surface area contributed by atoms with E-state index in [2.05, 4.69) is 22.9 Å². The lowest BCUT2D eigenvalue weighted by atomic mass is 9.82. The normalized spacial score (nSPS) is 45.0. The lowest BCUT2D eigenvalue weighted by molar-refractivity contribution is 0.192. The van der Waals surface area contributed by atoms with Gasteiger partial charge >= 0.3 is 0 Å². The molecule has 0 bridgehead atoms. The summed E-state index contributed by atoms with van der Waals surface area (Å²) in [6, 6.07) is 1.42. The summed E-state index contributed by atoms with van der Waals surface area (Å²) in [5, 5.41) is 10.5. The average molecular weight is 198 g/mol. The van der Waals surface area contributed by atoms with E-state index in [1.165, 1.54) is 6.42 Å². The minimum absolute atomic E-state index is 0.309. The molecular formula is C10H22N4. The highest BCUT2D eigenvalue weighted by Gasteiger charge is 2.33. The summed E-state index contributed by atoms with van der Waals surface area (Å²) >= 11 is 0. The molecule has 4 atom stereocenters. The van der Waals surface area contributed by atoms with Crippen molar-refractivity contribution in [2.45, 2.75) is 31.5 Å². The van der Waals surface area contributed by atoms with Crippen LogP contribution >= 0.6 is 0 Å². The maximum absolute atomic E-state index is 6.14. The van der Waals surface area contributed by atoms with Crippen LogP contribution in [0.25, 0.3) is 0 Å². The third-order valence-electron chi connectivity index (χ3n) is 3.56. The molecule has 0 radical (unpaired) electrons. The van der Waals surface area contributed by atoms with E-state index in [0.29, 0.717) is 24.0 Å². The van der Waals surface area contributed by atoms with E-state index < -0.39 is 0 Å². The molecule has 0 aromatic carbocycles. The van der Waals surface area contributed by atoms with Crippen LogP contribution in [0.2, 0.25) is 0 Å².